The van der Waals surface area contributed by atoms with E-state index in [1.807, 2.05) is 0 Å². The van der Waals surface area contributed by atoms with Crippen molar-refractivity contribution in [3.63, 3.8) is 0 Å². The average Bonchev–Trinajstić information content (AvgIpc) is 1.82. The standard InChI is InChI=1S/C4H6F2N2O2/c5-2(6)1-8-4(10)3(7)9/h2H,1H2,(H2,7,9)(H,8,10). The number of hydrogen-bond acceptors (Lipinski definition) is 2. The SMILES string of the molecule is NC(=O)C(=O)NCC(F)F. The summed E-state index contributed by atoms with van der Waals surface area (Å²) >= 11 is 0. The number of primary amides is 1. The maximum Gasteiger partial charge on any atom is 0.309 e. The predicted octanol–water partition coefficient (Wildman–Crippen LogP) is -1.15. The highest BCUT2D eigenvalue weighted by atomic mass is 19.3. The molecule has 0 aliphatic heterocycles. The Kier molecular flexibility index (Phi) is 3.30. The van der Waals surface area contributed by atoms with Crippen molar-refractivity contribution in [3.05, 3.63) is 0 Å². The van der Waals surface area contributed by atoms with Crippen molar-refractivity contribution < 1.29 is 18.4 Å². The number of carbonyl (C=O) groups excluding carboxylic acids is 2. The first-order chi connectivity index (χ1) is 4.54. The molecule has 0 rings (SSSR count). The highest BCUT2D eigenvalue weighted by molar-refractivity contribution is 6.34. The molecular formula is C4H6F2N2O2. The summed E-state index contributed by atoms with van der Waals surface area (Å²) < 4.78 is 22.6. The second-order valence-corrected chi connectivity index (χ2v) is 1.47. The third-order valence-electron chi connectivity index (χ3n) is 0.641. The molecule has 0 aromatic rings. The molecule has 0 saturated carbocycles. The van der Waals surface area contributed by atoms with E-state index in [9.17, 15) is 18.4 Å². The van der Waals surface area contributed by atoms with E-state index >= 15 is 0 Å². The fourth-order valence-corrected chi connectivity index (χ4v) is 0.257. The Balaban J connectivity index is 3.50. The molecule has 0 aliphatic carbocycles. The third kappa shape index (κ3) is 3.76. The monoisotopic (exact) mass is 152 g/mol. The Bertz CT molecular complexity index is 148. The third-order valence-corrected chi connectivity index (χ3v) is 0.641. The van der Waals surface area contributed by atoms with E-state index in [1.54, 1.807) is 5.32 Å². The molecule has 0 aliphatic rings. The zero-order valence-corrected chi connectivity index (χ0v) is 4.93. The molecule has 0 atom stereocenters. The van der Waals surface area contributed by atoms with Gasteiger partial charge < -0.3 is 11.1 Å². The van der Waals surface area contributed by atoms with Gasteiger partial charge in [-0.3, -0.25) is 9.59 Å². The van der Waals surface area contributed by atoms with Crippen molar-refractivity contribution in [2.45, 2.75) is 6.43 Å². The topological polar surface area (TPSA) is 72.2 Å². The molecule has 0 fully saturated rings. The average molecular weight is 152 g/mol. The summed E-state index contributed by atoms with van der Waals surface area (Å²) in [6.45, 7) is -0.845. The highest BCUT2D eigenvalue weighted by Gasteiger charge is 2.10. The van der Waals surface area contributed by atoms with Crippen LogP contribution in [-0.4, -0.2) is 24.8 Å². The number of nitrogens with two attached hydrogens (primary N) is 1. The molecule has 2 amide bonds. The van der Waals surface area contributed by atoms with E-state index in [1.165, 1.54) is 0 Å². The van der Waals surface area contributed by atoms with Crippen LogP contribution in [0.1, 0.15) is 0 Å². The van der Waals surface area contributed by atoms with Gasteiger partial charge in [0.05, 0.1) is 6.54 Å². The minimum Gasteiger partial charge on any atom is -0.361 e. The second-order valence-electron chi connectivity index (χ2n) is 1.47. The molecule has 6 heteroatoms. The molecule has 0 heterocycles. The molecule has 3 N–H and O–H groups in total. The van der Waals surface area contributed by atoms with Gasteiger partial charge in [0, 0.05) is 0 Å². The zero-order chi connectivity index (χ0) is 8.15. The summed E-state index contributed by atoms with van der Waals surface area (Å²) in [6, 6.07) is 0. The summed E-state index contributed by atoms with van der Waals surface area (Å²) in [7, 11) is 0. The maximum atomic E-state index is 11.3. The van der Waals surface area contributed by atoms with E-state index < -0.39 is 24.8 Å². The fraction of sp³-hybridized carbons (Fsp3) is 0.500. The Hall–Kier alpha value is -1.20. The van der Waals surface area contributed by atoms with Crippen molar-refractivity contribution in [1.29, 1.82) is 0 Å². The molecule has 4 nitrogen and oxygen atoms in total. The number of rotatable bonds is 2. The van der Waals surface area contributed by atoms with Gasteiger partial charge in [0.25, 0.3) is 6.43 Å². The Labute approximate surface area is 55.4 Å². The van der Waals surface area contributed by atoms with Gasteiger partial charge in [-0.15, -0.1) is 0 Å². The minimum atomic E-state index is -2.66. The van der Waals surface area contributed by atoms with Crippen LogP contribution in [0.25, 0.3) is 0 Å². The molecule has 0 bridgehead atoms. The van der Waals surface area contributed by atoms with Crippen molar-refractivity contribution in [2.24, 2.45) is 5.73 Å². The number of nitrogens with one attached hydrogen (secondary N) is 1. The van der Waals surface area contributed by atoms with E-state index in [0.717, 1.165) is 0 Å². The van der Waals surface area contributed by atoms with Crippen LogP contribution in [0.15, 0.2) is 0 Å². The first kappa shape index (κ1) is 8.80. The van der Waals surface area contributed by atoms with Gasteiger partial charge in [-0.2, -0.15) is 0 Å². The van der Waals surface area contributed by atoms with E-state index in [-0.39, 0.29) is 0 Å². The molecule has 0 saturated heterocycles. The Morgan fingerprint density at radius 3 is 2.30 bits per heavy atom. The summed E-state index contributed by atoms with van der Waals surface area (Å²) in [4.78, 5) is 20.0. The quantitative estimate of drug-likeness (QED) is 0.490. The summed E-state index contributed by atoms with van der Waals surface area (Å²) in [5.74, 6) is -2.46. The van der Waals surface area contributed by atoms with Gasteiger partial charge in [-0.1, -0.05) is 0 Å². The number of amides is 2. The van der Waals surface area contributed by atoms with Gasteiger partial charge in [0.15, 0.2) is 0 Å². The van der Waals surface area contributed by atoms with Crippen molar-refractivity contribution in [2.75, 3.05) is 6.54 Å². The van der Waals surface area contributed by atoms with Crippen LogP contribution in [0.2, 0.25) is 0 Å². The van der Waals surface area contributed by atoms with E-state index in [0.29, 0.717) is 0 Å². The van der Waals surface area contributed by atoms with Crippen molar-refractivity contribution >= 4 is 11.8 Å². The lowest BCUT2D eigenvalue weighted by molar-refractivity contribution is -0.137. The van der Waals surface area contributed by atoms with Crippen molar-refractivity contribution in [3.8, 4) is 0 Å². The van der Waals surface area contributed by atoms with Crippen LogP contribution in [-0.2, 0) is 9.59 Å². The van der Waals surface area contributed by atoms with Crippen LogP contribution < -0.4 is 11.1 Å². The first-order valence-corrected chi connectivity index (χ1v) is 2.40. The van der Waals surface area contributed by atoms with Crippen LogP contribution in [0.5, 0.6) is 0 Å². The second kappa shape index (κ2) is 3.76. The molecule has 0 aromatic carbocycles. The molecule has 10 heavy (non-hydrogen) atoms. The van der Waals surface area contributed by atoms with E-state index in [4.69, 9.17) is 0 Å². The van der Waals surface area contributed by atoms with Gasteiger partial charge in [0.1, 0.15) is 0 Å². The Morgan fingerprint density at radius 1 is 1.50 bits per heavy atom. The van der Waals surface area contributed by atoms with Crippen LogP contribution in [0, 0.1) is 0 Å². The molecule has 0 spiro atoms. The lowest BCUT2D eigenvalue weighted by atomic mass is 10.5. The normalized spacial score (nSPS) is 9.50. The summed E-state index contributed by atoms with van der Waals surface area (Å²) in [5.41, 5.74) is 4.43. The van der Waals surface area contributed by atoms with Crippen LogP contribution >= 0.6 is 0 Å². The molecule has 0 radical (unpaired) electrons. The molecule has 58 valence electrons. The summed E-state index contributed by atoms with van der Waals surface area (Å²) in [6.07, 6.45) is -2.66. The first-order valence-electron chi connectivity index (χ1n) is 2.40. The van der Waals surface area contributed by atoms with Crippen molar-refractivity contribution in [1.82, 2.24) is 5.32 Å². The number of hydrogen-bond donors (Lipinski definition) is 2. The largest absolute Gasteiger partial charge is 0.361 e. The molecular weight excluding hydrogens is 146 g/mol. The molecule has 0 aromatic heterocycles. The maximum absolute atomic E-state index is 11.3. The molecule has 0 unspecified atom stereocenters. The number of alkyl halides is 2. The highest BCUT2D eigenvalue weighted by Crippen LogP contribution is 1.86. The fourth-order valence-electron chi connectivity index (χ4n) is 0.257. The lowest BCUT2D eigenvalue weighted by Gasteiger charge is -1.98. The van der Waals surface area contributed by atoms with Gasteiger partial charge >= 0.3 is 11.8 Å². The summed E-state index contributed by atoms with van der Waals surface area (Å²) in [5, 5.41) is 1.62. The minimum absolute atomic E-state index is 0.845. The van der Waals surface area contributed by atoms with Gasteiger partial charge in [0.2, 0.25) is 0 Å². The number of halogens is 2. The smallest absolute Gasteiger partial charge is 0.309 e. The number of carbonyl (C=O) groups is 2. The zero-order valence-electron chi connectivity index (χ0n) is 4.93. The lowest BCUT2D eigenvalue weighted by Crippen LogP contribution is -2.38. The predicted molar refractivity (Wildman–Crippen MR) is 28.2 cm³/mol. The Morgan fingerprint density at radius 2 is 2.00 bits per heavy atom. The van der Waals surface area contributed by atoms with Crippen LogP contribution in [0.4, 0.5) is 8.78 Å². The van der Waals surface area contributed by atoms with Gasteiger partial charge in [-0.05, 0) is 0 Å². The van der Waals surface area contributed by atoms with Gasteiger partial charge in [-0.25, -0.2) is 8.78 Å². The van der Waals surface area contributed by atoms with E-state index in [2.05, 4.69) is 5.73 Å². The van der Waals surface area contributed by atoms with Crippen LogP contribution in [0.3, 0.4) is 0 Å².